The van der Waals surface area contributed by atoms with Crippen molar-refractivity contribution in [3.63, 3.8) is 0 Å². The molecule has 4 nitrogen and oxygen atoms in total. The second-order valence-electron chi connectivity index (χ2n) is 2.71. The molecule has 15 heavy (non-hydrogen) atoms. The maximum Gasteiger partial charge on any atom is 0.335 e. The highest BCUT2D eigenvalue weighted by Gasteiger charge is 2.04. The maximum absolute atomic E-state index is 11.0. The molecule has 1 heterocycles. The zero-order chi connectivity index (χ0) is 11.1. The van der Waals surface area contributed by atoms with E-state index in [0.29, 0.717) is 12.3 Å². The van der Waals surface area contributed by atoms with Crippen molar-refractivity contribution >= 4 is 34.7 Å². The van der Waals surface area contributed by atoms with Crippen LogP contribution >= 0.6 is 22.9 Å². The minimum atomic E-state index is -0.421. The van der Waals surface area contributed by atoms with Gasteiger partial charge < -0.3 is 10.6 Å². The number of nitrogens with two attached hydrogens (primary N) is 1. The monoisotopic (exact) mass is 246 g/mol. The maximum atomic E-state index is 11.0. The molecule has 0 radical (unpaired) electrons. The highest BCUT2D eigenvalue weighted by molar-refractivity contribution is 7.12. The fraction of sp³-hybridized carbons (Fsp3) is 0.333. The summed E-state index contributed by atoms with van der Waals surface area (Å²) in [5.74, 6) is 0.221. The number of carbonyl (C=O) groups is 1. The van der Waals surface area contributed by atoms with Crippen LogP contribution in [0, 0.1) is 0 Å². The summed E-state index contributed by atoms with van der Waals surface area (Å²) in [6.07, 6.45) is 0.833. The minimum Gasteiger partial charge on any atom is -0.380 e. The normalized spacial score (nSPS) is 11.4. The summed E-state index contributed by atoms with van der Waals surface area (Å²) in [7, 11) is 0. The number of halogens is 1. The largest absolute Gasteiger partial charge is 0.380 e. The first-order valence-corrected chi connectivity index (χ1v) is 5.78. The third-order valence-corrected chi connectivity index (χ3v) is 2.69. The first-order valence-electron chi connectivity index (χ1n) is 4.37. The van der Waals surface area contributed by atoms with Crippen molar-refractivity contribution < 1.29 is 9.63 Å². The Labute approximate surface area is 96.7 Å². The van der Waals surface area contributed by atoms with Gasteiger partial charge in [-0.05, 0) is 17.9 Å². The summed E-state index contributed by atoms with van der Waals surface area (Å²) >= 11 is 6.86. The van der Waals surface area contributed by atoms with Crippen LogP contribution in [0.3, 0.4) is 0 Å². The Hall–Kier alpha value is -1.07. The van der Waals surface area contributed by atoms with E-state index in [0.717, 1.165) is 4.88 Å². The van der Waals surface area contributed by atoms with E-state index >= 15 is 0 Å². The van der Waals surface area contributed by atoms with Gasteiger partial charge in [0.2, 0.25) is 0 Å². The third-order valence-electron chi connectivity index (χ3n) is 1.53. The van der Waals surface area contributed by atoms with Gasteiger partial charge in [0.25, 0.3) is 0 Å². The second-order valence-corrected chi connectivity index (χ2v) is 4.04. The van der Waals surface area contributed by atoms with Crippen LogP contribution in [0.15, 0.2) is 22.7 Å². The lowest BCUT2D eigenvalue weighted by atomic mass is 10.3. The lowest BCUT2D eigenvalue weighted by Crippen LogP contribution is -2.13. The fourth-order valence-corrected chi connectivity index (χ4v) is 1.58. The molecule has 0 aromatic carbocycles. The average molecular weight is 247 g/mol. The summed E-state index contributed by atoms with van der Waals surface area (Å²) < 4.78 is 0. The second kappa shape index (κ2) is 6.42. The molecule has 0 bridgehead atoms. The molecule has 0 spiro atoms. The summed E-state index contributed by atoms with van der Waals surface area (Å²) in [4.78, 5) is 16.4. The van der Waals surface area contributed by atoms with E-state index in [1.807, 2.05) is 11.4 Å². The molecular formula is C9H11ClN2O2S. The predicted octanol–water partition coefficient (Wildman–Crippen LogP) is 1.93. The standard InChI is InChI=1S/C9H11ClN2O2S/c10-5-1-4-8(13)14-12-9(11)7-3-2-6-15-7/h2-3,6H,1,4-5H2,(H2,11,12). The average Bonchev–Trinajstić information content (AvgIpc) is 2.76. The topological polar surface area (TPSA) is 64.7 Å². The van der Waals surface area contributed by atoms with Gasteiger partial charge in [-0.2, -0.15) is 0 Å². The quantitative estimate of drug-likeness (QED) is 0.284. The zero-order valence-corrected chi connectivity index (χ0v) is 9.55. The number of thiophene rings is 1. The Balaban J connectivity index is 2.40. The number of nitrogens with zero attached hydrogens (tertiary/aromatic N) is 1. The van der Waals surface area contributed by atoms with Crippen LogP contribution in [0.25, 0.3) is 0 Å². The number of alkyl halides is 1. The molecule has 1 rings (SSSR count). The van der Waals surface area contributed by atoms with Crippen molar-refractivity contribution in [2.75, 3.05) is 5.88 Å². The van der Waals surface area contributed by atoms with E-state index in [2.05, 4.69) is 9.99 Å². The van der Waals surface area contributed by atoms with Gasteiger partial charge >= 0.3 is 5.97 Å². The molecule has 0 saturated heterocycles. The lowest BCUT2D eigenvalue weighted by molar-refractivity contribution is -0.143. The molecule has 0 aliphatic heterocycles. The van der Waals surface area contributed by atoms with E-state index in [1.165, 1.54) is 11.3 Å². The molecule has 0 aliphatic carbocycles. The number of hydrogen-bond donors (Lipinski definition) is 1. The van der Waals surface area contributed by atoms with Gasteiger partial charge in [0, 0.05) is 12.3 Å². The Kier molecular flexibility index (Phi) is 5.14. The Morgan fingerprint density at radius 1 is 1.67 bits per heavy atom. The number of amidine groups is 1. The van der Waals surface area contributed by atoms with E-state index < -0.39 is 5.97 Å². The molecule has 2 N–H and O–H groups in total. The van der Waals surface area contributed by atoms with Crippen molar-refractivity contribution in [2.45, 2.75) is 12.8 Å². The minimum absolute atomic E-state index is 0.212. The van der Waals surface area contributed by atoms with Crippen LogP contribution in [-0.2, 0) is 9.63 Å². The van der Waals surface area contributed by atoms with Crippen LogP contribution in [0.5, 0.6) is 0 Å². The molecule has 1 aromatic rings. The van der Waals surface area contributed by atoms with Gasteiger partial charge in [-0.25, -0.2) is 4.79 Å². The highest BCUT2D eigenvalue weighted by atomic mass is 35.5. The van der Waals surface area contributed by atoms with Crippen LogP contribution in [0.4, 0.5) is 0 Å². The van der Waals surface area contributed by atoms with Crippen LogP contribution in [0.2, 0.25) is 0 Å². The van der Waals surface area contributed by atoms with Crippen molar-refractivity contribution in [3.05, 3.63) is 22.4 Å². The van der Waals surface area contributed by atoms with Crippen molar-refractivity contribution in [1.82, 2.24) is 0 Å². The van der Waals surface area contributed by atoms with Gasteiger partial charge in [0.15, 0.2) is 5.84 Å². The summed E-state index contributed by atoms with van der Waals surface area (Å²) in [6, 6.07) is 3.65. The van der Waals surface area contributed by atoms with Crippen molar-refractivity contribution in [1.29, 1.82) is 0 Å². The summed E-state index contributed by atoms with van der Waals surface area (Å²) in [6.45, 7) is 0. The molecule has 0 aliphatic rings. The number of carbonyl (C=O) groups excluding carboxylic acids is 1. The van der Waals surface area contributed by atoms with Gasteiger partial charge in [0.05, 0.1) is 4.88 Å². The number of rotatable bonds is 5. The molecule has 0 saturated carbocycles. The molecular weight excluding hydrogens is 236 g/mol. The first kappa shape index (κ1) is 12.0. The SMILES string of the molecule is N/C(=N\OC(=O)CCCCl)c1cccs1. The Morgan fingerprint density at radius 3 is 3.07 bits per heavy atom. The van der Waals surface area contributed by atoms with Crippen LogP contribution < -0.4 is 5.73 Å². The molecule has 0 fully saturated rings. The Morgan fingerprint density at radius 2 is 2.47 bits per heavy atom. The van der Waals surface area contributed by atoms with Gasteiger partial charge in [-0.1, -0.05) is 11.2 Å². The summed E-state index contributed by atoms with van der Waals surface area (Å²) in [5.41, 5.74) is 5.57. The molecule has 0 atom stereocenters. The smallest absolute Gasteiger partial charge is 0.335 e. The van der Waals surface area contributed by atoms with E-state index in [9.17, 15) is 4.79 Å². The van der Waals surface area contributed by atoms with Crippen molar-refractivity contribution in [2.24, 2.45) is 10.9 Å². The molecule has 1 aromatic heterocycles. The third kappa shape index (κ3) is 4.31. The van der Waals surface area contributed by atoms with E-state index in [-0.39, 0.29) is 12.3 Å². The fourth-order valence-electron chi connectivity index (χ4n) is 0.826. The molecule has 82 valence electrons. The lowest BCUT2D eigenvalue weighted by Gasteiger charge is -1.97. The molecule has 0 amide bonds. The van der Waals surface area contributed by atoms with Gasteiger partial charge in [-0.3, -0.25) is 0 Å². The van der Waals surface area contributed by atoms with E-state index in [1.54, 1.807) is 6.07 Å². The van der Waals surface area contributed by atoms with Gasteiger partial charge in [-0.15, -0.1) is 22.9 Å². The molecule has 0 unspecified atom stereocenters. The van der Waals surface area contributed by atoms with Gasteiger partial charge in [0.1, 0.15) is 0 Å². The van der Waals surface area contributed by atoms with Crippen LogP contribution in [-0.4, -0.2) is 17.7 Å². The van der Waals surface area contributed by atoms with E-state index in [4.69, 9.17) is 17.3 Å². The van der Waals surface area contributed by atoms with Crippen LogP contribution in [0.1, 0.15) is 17.7 Å². The Bertz CT molecular complexity index is 338. The zero-order valence-electron chi connectivity index (χ0n) is 7.98. The predicted molar refractivity (Wildman–Crippen MR) is 61.1 cm³/mol. The first-order chi connectivity index (χ1) is 7.24. The highest BCUT2D eigenvalue weighted by Crippen LogP contribution is 2.07. The number of oxime groups is 1. The number of hydrogen-bond acceptors (Lipinski definition) is 4. The summed E-state index contributed by atoms with van der Waals surface area (Å²) in [5, 5.41) is 5.40. The molecule has 6 heteroatoms. The van der Waals surface area contributed by atoms with Crippen molar-refractivity contribution in [3.8, 4) is 0 Å².